The minimum absolute atomic E-state index is 0.554. The zero-order chi connectivity index (χ0) is 38.9. The number of fused-ring (bicyclic) bond motifs is 7. The van der Waals surface area contributed by atoms with Crippen LogP contribution in [0.1, 0.15) is 22.3 Å². The first-order chi connectivity index (χ1) is 29.2. The molecule has 5 nitrogen and oxygen atoms in total. The van der Waals surface area contributed by atoms with Gasteiger partial charge in [-0.1, -0.05) is 170 Å². The second-order valence-electron chi connectivity index (χ2n) is 15.1. The van der Waals surface area contributed by atoms with Gasteiger partial charge < -0.3 is 8.83 Å². The maximum absolute atomic E-state index is 6.35. The summed E-state index contributed by atoms with van der Waals surface area (Å²) >= 11 is 0. The van der Waals surface area contributed by atoms with Crippen molar-refractivity contribution in [1.29, 1.82) is 0 Å². The number of para-hydroxylation sites is 2. The number of benzene rings is 8. The summed E-state index contributed by atoms with van der Waals surface area (Å²) in [5, 5.41) is 3.20. The molecular formula is C54H33N3O2. The van der Waals surface area contributed by atoms with Gasteiger partial charge >= 0.3 is 0 Å². The molecule has 5 heteroatoms. The van der Waals surface area contributed by atoms with Gasteiger partial charge in [-0.2, -0.15) is 0 Å². The Morgan fingerprint density at radius 3 is 1.71 bits per heavy atom. The largest absolute Gasteiger partial charge is 0.456 e. The van der Waals surface area contributed by atoms with Crippen LogP contribution in [0.4, 0.5) is 0 Å². The number of nitrogens with zero attached hydrogens (tertiary/aromatic N) is 3. The Morgan fingerprint density at radius 1 is 0.356 bits per heavy atom. The summed E-state index contributed by atoms with van der Waals surface area (Å²) < 4.78 is 12.6. The van der Waals surface area contributed by atoms with E-state index in [9.17, 15) is 0 Å². The highest BCUT2D eigenvalue weighted by Crippen LogP contribution is 2.58. The van der Waals surface area contributed by atoms with E-state index in [1.165, 1.54) is 22.3 Å². The van der Waals surface area contributed by atoms with Crippen LogP contribution in [-0.2, 0) is 5.41 Å². The van der Waals surface area contributed by atoms with Crippen LogP contribution < -0.4 is 0 Å². The Morgan fingerprint density at radius 2 is 0.932 bits per heavy atom. The summed E-state index contributed by atoms with van der Waals surface area (Å²) in [6.07, 6.45) is 0. The SMILES string of the molecule is c1ccc(C2(c3ccccc3)c3ccccc3-c3c(-c4nc(-c5ccc(-c6cc7ccccc7o6)cc5)nc(-c5ccc6c(c5)oc5ccccc56)n4)cccc32)cc1. The summed E-state index contributed by atoms with van der Waals surface area (Å²) in [5.74, 6) is 2.55. The maximum Gasteiger partial charge on any atom is 0.164 e. The van der Waals surface area contributed by atoms with Gasteiger partial charge in [0.25, 0.3) is 0 Å². The van der Waals surface area contributed by atoms with Crippen LogP contribution in [0.2, 0.25) is 0 Å². The normalized spacial score (nSPS) is 12.9. The van der Waals surface area contributed by atoms with Crippen LogP contribution in [0.5, 0.6) is 0 Å². The van der Waals surface area contributed by atoms with Crippen LogP contribution in [0.25, 0.3) is 89.5 Å². The predicted octanol–water partition coefficient (Wildman–Crippen LogP) is 13.5. The van der Waals surface area contributed by atoms with Gasteiger partial charge in [0, 0.05) is 38.4 Å². The number of hydrogen-bond acceptors (Lipinski definition) is 5. The fourth-order valence-corrected chi connectivity index (χ4v) is 9.21. The van der Waals surface area contributed by atoms with Crippen molar-refractivity contribution in [2.75, 3.05) is 0 Å². The topological polar surface area (TPSA) is 65.0 Å². The molecule has 59 heavy (non-hydrogen) atoms. The molecule has 0 unspecified atom stereocenters. The van der Waals surface area contributed by atoms with Crippen LogP contribution >= 0.6 is 0 Å². The number of furan rings is 2. The van der Waals surface area contributed by atoms with E-state index < -0.39 is 5.41 Å². The van der Waals surface area contributed by atoms with Gasteiger partial charge in [-0.15, -0.1) is 0 Å². The smallest absolute Gasteiger partial charge is 0.164 e. The molecule has 0 bridgehead atoms. The number of aromatic nitrogens is 3. The third-order valence-electron chi connectivity index (χ3n) is 11.8. The van der Waals surface area contributed by atoms with E-state index in [-0.39, 0.29) is 0 Å². The van der Waals surface area contributed by atoms with Crippen molar-refractivity contribution >= 4 is 32.9 Å². The average Bonchev–Trinajstić information content (AvgIpc) is 4.00. The van der Waals surface area contributed by atoms with Crippen LogP contribution in [0, 0.1) is 0 Å². The van der Waals surface area contributed by atoms with Gasteiger partial charge in [-0.25, -0.2) is 15.0 Å². The van der Waals surface area contributed by atoms with E-state index >= 15 is 0 Å². The first-order valence-corrected chi connectivity index (χ1v) is 19.8. The van der Waals surface area contributed by atoms with E-state index in [1.807, 2.05) is 42.5 Å². The van der Waals surface area contributed by atoms with Crippen molar-refractivity contribution in [1.82, 2.24) is 15.0 Å². The third kappa shape index (κ3) is 5.15. The molecule has 0 radical (unpaired) electrons. The van der Waals surface area contributed by atoms with E-state index in [4.69, 9.17) is 23.8 Å². The molecule has 12 rings (SSSR count). The fourth-order valence-electron chi connectivity index (χ4n) is 9.21. The van der Waals surface area contributed by atoms with Crippen molar-refractivity contribution < 1.29 is 8.83 Å². The van der Waals surface area contributed by atoms with E-state index in [0.29, 0.717) is 17.5 Å². The Balaban J connectivity index is 1.08. The molecule has 1 aliphatic rings. The molecule has 276 valence electrons. The number of rotatable bonds is 6. The predicted molar refractivity (Wildman–Crippen MR) is 236 cm³/mol. The Bertz CT molecular complexity index is 3310. The molecule has 0 spiro atoms. The highest BCUT2D eigenvalue weighted by molar-refractivity contribution is 6.05. The van der Waals surface area contributed by atoms with Crippen LogP contribution in [0.3, 0.4) is 0 Å². The Kier molecular flexibility index (Phi) is 7.38. The summed E-state index contributed by atoms with van der Waals surface area (Å²) in [4.78, 5) is 15.8. The second kappa shape index (κ2) is 13.1. The quantitative estimate of drug-likeness (QED) is 0.169. The highest BCUT2D eigenvalue weighted by atomic mass is 16.3. The van der Waals surface area contributed by atoms with Gasteiger partial charge in [0.2, 0.25) is 0 Å². The summed E-state index contributed by atoms with van der Waals surface area (Å²) in [6.45, 7) is 0. The second-order valence-corrected chi connectivity index (χ2v) is 15.1. The summed E-state index contributed by atoms with van der Waals surface area (Å²) in [5.41, 5.74) is 12.7. The highest BCUT2D eigenvalue weighted by Gasteiger charge is 2.47. The van der Waals surface area contributed by atoms with Gasteiger partial charge in [0.05, 0.1) is 5.41 Å². The molecule has 0 saturated heterocycles. The first kappa shape index (κ1) is 33.3. The Labute approximate surface area is 339 Å². The lowest BCUT2D eigenvalue weighted by Crippen LogP contribution is -2.28. The van der Waals surface area contributed by atoms with Crippen LogP contribution in [0.15, 0.2) is 209 Å². The molecule has 1 aliphatic carbocycles. The van der Waals surface area contributed by atoms with Gasteiger partial charge in [0.15, 0.2) is 17.5 Å². The Hall–Kier alpha value is -7.89. The minimum atomic E-state index is -0.554. The molecule has 0 N–H and O–H groups in total. The summed E-state index contributed by atoms with van der Waals surface area (Å²) in [7, 11) is 0. The molecule has 0 atom stereocenters. The molecule has 3 heterocycles. The monoisotopic (exact) mass is 755 g/mol. The van der Waals surface area contributed by atoms with Gasteiger partial charge in [-0.3, -0.25) is 0 Å². The van der Waals surface area contributed by atoms with Gasteiger partial charge in [0.1, 0.15) is 22.5 Å². The molecular weight excluding hydrogens is 723 g/mol. The van der Waals surface area contributed by atoms with Crippen molar-refractivity contribution in [3.05, 3.63) is 222 Å². The van der Waals surface area contributed by atoms with Crippen molar-refractivity contribution in [3.63, 3.8) is 0 Å². The van der Waals surface area contributed by atoms with Crippen molar-refractivity contribution in [3.8, 4) is 56.6 Å². The standard InChI is InChI=1S/C54H33N3O2/c1-3-15-38(16-4-1)54(39-17-5-2-6-18-39)44-22-10-8-20-42(44)50-43(21-13-23-45(50)54)53-56-51(35-28-26-34(27-29-35)48-32-36-14-7-11-24-46(36)58-48)55-52(57-53)37-30-31-41-40-19-9-12-25-47(40)59-49(41)33-37/h1-33H. The maximum atomic E-state index is 6.35. The van der Waals surface area contributed by atoms with Crippen molar-refractivity contribution in [2.24, 2.45) is 0 Å². The van der Waals surface area contributed by atoms with Gasteiger partial charge in [-0.05, 0) is 63.7 Å². The van der Waals surface area contributed by atoms with E-state index in [1.54, 1.807) is 0 Å². The molecule has 0 amide bonds. The summed E-state index contributed by atoms with van der Waals surface area (Å²) in [6, 6.07) is 69.8. The molecule has 11 aromatic rings. The van der Waals surface area contributed by atoms with Crippen LogP contribution in [-0.4, -0.2) is 15.0 Å². The molecule has 0 aliphatic heterocycles. The first-order valence-electron chi connectivity index (χ1n) is 19.8. The third-order valence-corrected chi connectivity index (χ3v) is 11.8. The lowest BCUT2D eigenvalue weighted by molar-refractivity contribution is 0.631. The zero-order valence-corrected chi connectivity index (χ0v) is 31.7. The molecule has 3 aromatic heterocycles. The van der Waals surface area contributed by atoms with E-state index in [2.05, 4.69) is 158 Å². The lowest BCUT2D eigenvalue weighted by Gasteiger charge is -2.33. The van der Waals surface area contributed by atoms with E-state index in [0.717, 1.165) is 72.0 Å². The lowest BCUT2D eigenvalue weighted by atomic mass is 9.67. The molecule has 8 aromatic carbocycles. The molecule has 0 saturated carbocycles. The molecule has 0 fully saturated rings. The minimum Gasteiger partial charge on any atom is -0.456 e. The van der Waals surface area contributed by atoms with Crippen molar-refractivity contribution in [2.45, 2.75) is 5.41 Å². The zero-order valence-electron chi connectivity index (χ0n) is 31.7. The fraction of sp³-hybridized carbons (Fsp3) is 0.0185. The average molecular weight is 756 g/mol. The number of hydrogen-bond donors (Lipinski definition) is 0.